The normalized spacial score (nSPS) is 15.3. The molecule has 1 aromatic heterocycles. The number of nitrogens with zero attached hydrogens (tertiary/aromatic N) is 3. The Balaban J connectivity index is 1.63. The lowest BCUT2D eigenvalue weighted by atomic mass is 9.95. The first kappa shape index (κ1) is 19.9. The molecule has 0 saturated heterocycles. The van der Waals surface area contributed by atoms with E-state index in [1.165, 1.54) is 36.6 Å². The molecule has 1 fully saturated rings. The van der Waals surface area contributed by atoms with Gasteiger partial charge in [0.05, 0.1) is 5.75 Å². The second kappa shape index (κ2) is 9.40. The summed E-state index contributed by atoms with van der Waals surface area (Å²) < 4.78 is 2.09. The predicted octanol–water partition coefficient (Wildman–Crippen LogP) is 4.63. The average molecular weight is 387 g/mol. The smallest absolute Gasteiger partial charge is 0.230 e. The number of carbonyl (C=O) groups is 1. The molecule has 3 rings (SSSR count). The minimum Gasteiger partial charge on any atom is -0.353 e. The van der Waals surface area contributed by atoms with Crippen LogP contribution in [0.25, 0.3) is 11.4 Å². The first-order valence-corrected chi connectivity index (χ1v) is 11.0. The SMILES string of the molecule is CCn1c(SCC(=O)NC2CCCCC2)nnc1-c1ccc(C(C)C)cc1. The van der Waals surface area contributed by atoms with Gasteiger partial charge in [0.15, 0.2) is 11.0 Å². The maximum absolute atomic E-state index is 12.3. The Labute approximate surface area is 166 Å². The lowest BCUT2D eigenvalue weighted by molar-refractivity contribution is -0.119. The highest BCUT2D eigenvalue weighted by Gasteiger charge is 2.18. The molecular weight excluding hydrogens is 356 g/mol. The van der Waals surface area contributed by atoms with Crippen molar-refractivity contribution < 1.29 is 4.79 Å². The fourth-order valence-corrected chi connectivity index (χ4v) is 4.37. The van der Waals surface area contributed by atoms with E-state index in [9.17, 15) is 4.79 Å². The van der Waals surface area contributed by atoms with Crippen molar-refractivity contribution in [3.05, 3.63) is 29.8 Å². The summed E-state index contributed by atoms with van der Waals surface area (Å²) in [5.41, 5.74) is 2.38. The van der Waals surface area contributed by atoms with Gasteiger partial charge in [-0.25, -0.2) is 0 Å². The van der Waals surface area contributed by atoms with Crippen molar-refractivity contribution in [3.8, 4) is 11.4 Å². The number of rotatable bonds is 7. The van der Waals surface area contributed by atoms with Crippen molar-refractivity contribution in [2.75, 3.05) is 5.75 Å². The Morgan fingerprint density at radius 1 is 1.19 bits per heavy atom. The summed E-state index contributed by atoms with van der Waals surface area (Å²) in [6.45, 7) is 7.25. The molecular formula is C21H30N4OS. The maximum atomic E-state index is 12.3. The molecule has 27 heavy (non-hydrogen) atoms. The molecule has 1 heterocycles. The molecule has 146 valence electrons. The van der Waals surface area contributed by atoms with Crippen molar-refractivity contribution in [2.45, 2.75) is 76.5 Å². The second-order valence-electron chi connectivity index (χ2n) is 7.52. The lowest BCUT2D eigenvalue weighted by Gasteiger charge is -2.22. The Bertz CT molecular complexity index is 748. The quantitative estimate of drug-likeness (QED) is 0.705. The topological polar surface area (TPSA) is 59.8 Å². The summed E-state index contributed by atoms with van der Waals surface area (Å²) >= 11 is 1.47. The van der Waals surface area contributed by atoms with Gasteiger partial charge in [0.25, 0.3) is 0 Å². The molecule has 1 aliphatic carbocycles. The van der Waals surface area contributed by atoms with E-state index in [-0.39, 0.29) is 5.91 Å². The molecule has 0 atom stereocenters. The average Bonchev–Trinajstić information content (AvgIpc) is 3.10. The van der Waals surface area contributed by atoms with Gasteiger partial charge < -0.3 is 9.88 Å². The first-order chi connectivity index (χ1) is 13.1. The zero-order chi connectivity index (χ0) is 19.2. The summed E-state index contributed by atoms with van der Waals surface area (Å²) in [5, 5.41) is 12.7. The third-order valence-corrected chi connectivity index (χ3v) is 6.14. The van der Waals surface area contributed by atoms with Crippen molar-refractivity contribution in [3.63, 3.8) is 0 Å². The minimum absolute atomic E-state index is 0.0976. The van der Waals surface area contributed by atoms with Gasteiger partial charge in [-0.05, 0) is 31.2 Å². The molecule has 1 amide bonds. The Kier molecular flexibility index (Phi) is 6.94. The predicted molar refractivity (Wildman–Crippen MR) is 111 cm³/mol. The number of carbonyl (C=O) groups excluding carboxylic acids is 1. The van der Waals surface area contributed by atoms with Crippen LogP contribution >= 0.6 is 11.8 Å². The Hall–Kier alpha value is -1.82. The van der Waals surface area contributed by atoms with Gasteiger partial charge in [-0.3, -0.25) is 4.79 Å². The largest absolute Gasteiger partial charge is 0.353 e. The molecule has 1 saturated carbocycles. The van der Waals surface area contributed by atoms with Crippen LogP contribution in [0.3, 0.4) is 0 Å². The van der Waals surface area contributed by atoms with E-state index in [2.05, 4.69) is 65.1 Å². The van der Waals surface area contributed by atoms with Crippen LogP contribution in [-0.4, -0.2) is 32.5 Å². The van der Waals surface area contributed by atoms with Gasteiger partial charge in [-0.1, -0.05) is 69.1 Å². The number of benzene rings is 1. The number of aromatic nitrogens is 3. The van der Waals surface area contributed by atoms with Gasteiger partial charge in [0.2, 0.25) is 5.91 Å². The van der Waals surface area contributed by atoms with E-state index in [0.29, 0.717) is 17.7 Å². The van der Waals surface area contributed by atoms with Crippen LogP contribution in [0.15, 0.2) is 29.4 Å². The van der Waals surface area contributed by atoms with Crippen LogP contribution < -0.4 is 5.32 Å². The molecule has 0 radical (unpaired) electrons. The van der Waals surface area contributed by atoms with E-state index >= 15 is 0 Å². The molecule has 1 aromatic carbocycles. The van der Waals surface area contributed by atoms with Crippen LogP contribution in [0.1, 0.15) is 64.4 Å². The van der Waals surface area contributed by atoms with Crippen LogP contribution in [0.5, 0.6) is 0 Å². The van der Waals surface area contributed by atoms with Crippen molar-refractivity contribution in [1.29, 1.82) is 0 Å². The van der Waals surface area contributed by atoms with Gasteiger partial charge >= 0.3 is 0 Å². The zero-order valence-corrected chi connectivity index (χ0v) is 17.4. The van der Waals surface area contributed by atoms with Crippen molar-refractivity contribution >= 4 is 17.7 Å². The zero-order valence-electron chi connectivity index (χ0n) is 16.6. The lowest BCUT2D eigenvalue weighted by Crippen LogP contribution is -2.37. The van der Waals surface area contributed by atoms with Gasteiger partial charge in [0.1, 0.15) is 0 Å². The molecule has 0 unspecified atom stereocenters. The van der Waals surface area contributed by atoms with Gasteiger partial charge in [-0.15, -0.1) is 10.2 Å². The second-order valence-corrected chi connectivity index (χ2v) is 8.46. The molecule has 5 nitrogen and oxygen atoms in total. The third kappa shape index (κ3) is 5.12. The molecule has 1 aliphatic rings. The van der Waals surface area contributed by atoms with Gasteiger partial charge in [-0.2, -0.15) is 0 Å². The fourth-order valence-electron chi connectivity index (χ4n) is 3.56. The molecule has 0 bridgehead atoms. The van der Waals surface area contributed by atoms with E-state index < -0.39 is 0 Å². The van der Waals surface area contributed by atoms with Crippen molar-refractivity contribution in [1.82, 2.24) is 20.1 Å². The molecule has 0 spiro atoms. The summed E-state index contributed by atoms with van der Waals surface area (Å²) in [6.07, 6.45) is 5.96. The highest BCUT2D eigenvalue weighted by molar-refractivity contribution is 7.99. The number of amides is 1. The molecule has 6 heteroatoms. The van der Waals surface area contributed by atoms with Crippen molar-refractivity contribution in [2.24, 2.45) is 0 Å². The van der Waals surface area contributed by atoms with E-state index in [4.69, 9.17) is 0 Å². The van der Waals surface area contributed by atoms with E-state index in [0.717, 1.165) is 35.9 Å². The molecule has 2 aromatic rings. The fraction of sp³-hybridized carbons (Fsp3) is 0.571. The third-order valence-electron chi connectivity index (χ3n) is 5.17. The summed E-state index contributed by atoms with van der Waals surface area (Å²) in [6, 6.07) is 8.87. The standard InChI is InChI=1S/C21H30N4OS/c1-4-25-20(17-12-10-16(11-13-17)15(2)3)23-24-21(25)27-14-19(26)22-18-8-6-5-7-9-18/h10-13,15,18H,4-9,14H2,1-3H3,(H,22,26). The highest BCUT2D eigenvalue weighted by Crippen LogP contribution is 2.26. The molecule has 1 N–H and O–H groups in total. The van der Waals surface area contributed by atoms with E-state index in [1.54, 1.807) is 0 Å². The Morgan fingerprint density at radius 2 is 1.89 bits per heavy atom. The summed E-state index contributed by atoms with van der Waals surface area (Å²) in [4.78, 5) is 12.3. The maximum Gasteiger partial charge on any atom is 0.230 e. The number of nitrogens with one attached hydrogen (secondary N) is 1. The van der Waals surface area contributed by atoms with Crippen LogP contribution in [0.2, 0.25) is 0 Å². The highest BCUT2D eigenvalue weighted by atomic mass is 32.2. The van der Waals surface area contributed by atoms with Crippen LogP contribution in [0.4, 0.5) is 0 Å². The van der Waals surface area contributed by atoms with E-state index in [1.807, 2.05) is 0 Å². The molecule has 0 aliphatic heterocycles. The number of thioether (sulfide) groups is 1. The summed E-state index contributed by atoms with van der Waals surface area (Å²) in [5.74, 6) is 1.86. The van der Waals surface area contributed by atoms with Crippen LogP contribution in [-0.2, 0) is 11.3 Å². The Morgan fingerprint density at radius 3 is 2.52 bits per heavy atom. The number of hydrogen-bond acceptors (Lipinski definition) is 4. The summed E-state index contributed by atoms with van der Waals surface area (Å²) in [7, 11) is 0. The monoisotopic (exact) mass is 386 g/mol. The first-order valence-electron chi connectivity index (χ1n) is 10.0. The van der Waals surface area contributed by atoms with Gasteiger partial charge in [0, 0.05) is 18.2 Å². The van der Waals surface area contributed by atoms with Crippen LogP contribution in [0, 0.1) is 0 Å². The minimum atomic E-state index is 0.0976. The number of hydrogen-bond donors (Lipinski definition) is 1.